The van der Waals surface area contributed by atoms with Crippen molar-refractivity contribution in [1.82, 2.24) is 19.9 Å². The number of carbonyl (C=O) groups excluding carboxylic acids is 1. The molecule has 0 aliphatic rings. The molecule has 6 heteroatoms. The average Bonchev–Trinajstić information content (AvgIpc) is 2.40. The van der Waals surface area contributed by atoms with Gasteiger partial charge in [0.05, 0.1) is 0 Å². The van der Waals surface area contributed by atoms with Gasteiger partial charge in [0.2, 0.25) is 0 Å². The monoisotopic (exact) mass is 260 g/mol. The second-order valence-electron chi connectivity index (χ2n) is 4.70. The summed E-state index contributed by atoms with van der Waals surface area (Å²) in [6.07, 6.45) is 1.61. The minimum Gasteiger partial charge on any atom is -0.354 e. The standard InChI is InChI=1S/C13H16N4O2/c1-8(2)7-17-11-9(5-4-6-15-11)16-10(13(17)19)12(18)14-3/h4-6,8H,7H2,1-3H3,(H,14,18). The Labute approximate surface area is 110 Å². The summed E-state index contributed by atoms with van der Waals surface area (Å²) >= 11 is 0. The van der Waals surface area contributed by atoms with E-state index >= 15 is 0 Å². The summed E-state index contributed by atoms with van der Waals surface area (Å²) < 4.78 is 1.51. The number of pyridine rings is 1. The van der Waals surface area contributed by atoms with Gasteiger partial charge in [-0.1, -0.05) is 13.8 Å². The Morgan fingerprint density at radius 1 is 1.47 bits per heavy atom. The number of rotatable bonds is 3. The van der Waals surface area contributed by atoms with Crippen molar-refractivity contribution in [3.05, 3.63) is 34.4 Å². The Hall–Kier alpha value is -2.24. The van der Waals surface area contributed by atoms with Crippen LogP contribution in [0.3, 0.4) is 0 Å². The SMILES string of the molecule is CNC(=O)c1nc2cccnc2n(CC(C)C)c1=O. The van der Waals surface area contributed by atoms with Crippen molar-refractivity contribution < 1.29 is 4.79 Å². The van der Waals surface area contributed by atoms with E-state index in [1.807, 2.05) is 13.8 Å². The number of fused-ring (bicyclic) bond motifs is 1. The van der Waals surface area contributed by atoms with E-state index in [9.17, 15) is 9.59 Å². The minimum absolute atomic E-state index is 0.0938. The molecule has 0 aromatic carbocycles. The molecule has 19 heavy (non-hydrogen) atoms. The third-order valence-electron chi connectivity index (χ3n) is 2.69. The Balaban J connectivity index is 2.77. The fraction of sp³-hybridized carbons (Fsp3) is 0.385. The number of hydrogen-bond donors (Lipinski definition) is 1. The molecule has 0 aliphatic carbocycles. The third-order valence-corrected chi connectivity index (χ3v) is 2.69. The van der Waals surface area contributed by atoms with E-state index in [1.54, 1.807) is 18.3 Å². The molecular weight excluding hydrogens is 244 g/mol. The van der Waals surface area contributed by atoms with Crippen LogP contribution in [0.4, 0.5) is 0 Å². The van der Waals surface area contributed by atoms with Crippen LogP contribution in [0.2, 0.25) is 0 Å². The summed E-state index contributed by atoms with van der Waals surface area (Å²) in [7, 11) is 1.48. The van der Waals surface area contributed by atoms with E-state index in [-0.39, 0.29) is 11.6 Å². The molecule has 2 rings (SSSR count). The molecule has 0 fully saturated rings. The maximum absolute atomic E-state index is 12.3. The predicted molar refractivity (Wildman–Crippen MR) is 72.0 cm³/mol. The summed E-state index contributed by atoms with van der Waals surface area (Å²) in [4.78, 5) is 32.3. The first kappa shape index (κ1) is 13.2. The van der Waals surface area contributed by atoms with E-state index < -0.39 is 11.5 Å². The zero-order valence-corrected chi connectivity index (χ0v) is 11.2. The van der Waals surface area contributed by atoms with Crippen molar-refractivity contribution in [2.75, 3.05) is 7.05 Å². The Bertz CT molecular complexity index is 676. The van der Waals surface area contributed by atoms with Crippen molar-refractivity contribution in [3.8, 4) is 0 Å². The first-order chi connectivity index (χ1) is 9.04. The highest BCUT2D eigenvalue weighted by atomic mass is 16.2. The van der Waals surface area contributed by atoms with Gasteiger partial charge in [0.1, 0.15) is 5.52 Å². The lowest BCUT2D eigenvalue weighted by Crippen LogP contribution is -2.34. The minimum atomic E-state index is -0.478. The van der Waals surface area contributed by atoms with Gasteiger partial charge in [-0.3, -0.25) is 14.2 Å². The van der Waals surface area contributed by atoms with Crippen molar-refractivity contribution in [2.24, 2.45) is 5.92 Å². The van der Waals surface area contributed by atoms with Gasteiger partial charge in [0.25, 0.3) is 11.5 Å². The quantitative estimate of drug-likeness (QED) is 0.885. The van der Waals surface area contributed by atoms with Crippen LogP contribution in [0.5, 0.6) is 0 Å². The van der Waals surface area contributed by atoms with E-state index in [0.717, 1.165) is 0 Å². The van der Waals surface area contributed by atoms with E-state index in [2.05, 4.69) is 15.3 Å². The fourth-order valence-electron chi connectivity index (χ4n) is 1.88. The second kappa shape index (κ2) is 5.17. The molecule has 0 saturated heterocycles. The maximum Gasteiger partial charge on any atom is 0.283 e. The van der Waals surface area contributed by atoms with Gasteiger partial charge in [-0.25, -0.2) is 9.97 Å². The van der Waals surface area contributed by atoms with Crippen molar-refractivity contribution in [2.45, 2.75) is 20.4 Å². The van der Waals surface area contributed by atoms with Crippen LogP contribution in [0.25, 0.3) is 11.2 Å². The van der Waals surface area contributed by atoms with Gasteiger partial charge < -0.3 is 5.32 Å². The van der Waals surface area contributed by atoms with Gasteiger partial charge in [0.15, 0.2) is 11.3 Å². The molecule has 2 heterocycles. The smallest absolute Gasteiger partial charge is 0.283 e. The molecule has 2 aromatic heterocycles. The summed E-state index contributed by atoms with van der Waals surface area (Å²) in [6.45, 7) is 4.50. The Morgan fingerprint density at radius 3 is 2.84 bits per heavy atom. The lowest BCUT2D eigenvalue weighted by Gasteiger charge is -2.12. The number of amides is 1. The molecule has 6 nitrogen and oxygen atoms in total. The molecule has 0 saturated carbocycles. The first-order valence-corrected chi connectivity index (χ1v) is 6.12. The zero-order chi connectivity index (χ0) is 14.0. The summed E-state index contributed by atoms with van der Waals surface area (Å²) in [5, 5.41) is 2.43. The molecule has 1 amide bonds. The van der Waals surface area contributed by atoms with Crippen LogP contribution < -0.4 is 10.9 Å². The van der Waals surface area contributed by atoms with Crippen molar-refractivity contribution in [1.29, 1.82) is 0 Å². The van der Waals surface area contributed by atoms with Gasteiger partial charge in [-0.15, -0.1) is 0 Å². The normalized spacial score (nSPS) is 10.9. The lowest BCUT2D eigenvalue weighted by molar-refractivity contribution is 0.0956. The summed E-state index contributed by atoms with van der Waals surface area (Å²) in [5.41, 5.74) is 0.554. The average molecular weight is 260 g/mol. The van der Waals surface area contributed by atoms with Gasteiger partial charge in [-0.05, 0) is 18.1 Å². The number of nitrogens with one attached hydrogen (secondary N) is 1. The van der Waals surface area contributed by atoms with Crippen LogP contribution in [0, 0.1) is 5.92 Å². The molecule has 0 spiro atoms. The number of nitrogens with zero attached hydrogens (tertiary/aromatic N) is 3. The van der Waals surface area contributed by atoms with E-state index in [0.29, 0.717) is 17.7 Å². The highest BCUT2D eigenvalue weighted by Gasteiger charge is 2.17. The summed E-state index contributed by atoms with van der Waals surface area (Å²) in [5.74, 6) is -0.212. The van der Waals surface area contributed by atoms with Crippen LogP contribution in [-0.2, 0) is 6.54 Å². The molecule has 0 atom stereocenters. The number of aromatic nitrogens is 3. The van der Waals surface area contributed by atoms with Crippen molar-refractivity contribution >= 4 is 17.1 Å². The highest BCUT2D eigenvalue weighted by molar-refractivity contribution is 5.93. The largest absolute Gasteiger partial charge is 0.354 e. The van der Waals surface area contributed by atoms with Crippen LogP contribution >= 0.6 is 0 Å². The Kier molecular flexibility index (Phi) is 3.59. The molecular formula is C13H16N4O2. The molecule has 0 radical (unpaired) electrons. The number of hydrogen-bond acceptors (Lipinski definition) is 4. The van der Waals surface area contributed by atoms with Gasteiger partial charge in [-0.2, -0.15) is 0 Å². The van der Waals surface area contributed by atoms with Crippen LogP contribution in [0.1, 0.15) is 24.3 Å². The molecule has 0 aliphatic heterocycles. The number of carbonyl (C=O) groups is 1. The molecule has 2 aromatic rings. The fourth-order valence-corrected chi connectivity index (χ4v) is 1.88. The Morgan fingerprint density at radius 2 is 2.21 bits per heavy atom. The predicted octanol–water partition coefficient (Wildman–Crippen LogP) is 0.807. The lowest BCUT2D eigenvalue weighted by atomic mass is 10.2. The van der Waals surface area contributed by atoms with E-state index in [1.165, 1.54) is 11.6 Å². The van der Waals surface area contributed by atoms with Gasteiger partial charge >= 0.3 is 0 Å². The molecule has 0 unspecified atom stereocenters. The van der Waals surface area contributed by atoms with Gasteiger partial charge in [0, 0.05) is 19.8 Å². The highest BCUT2D eigenvalue weighted by Crippen LogP contribution is 2.09. The van der Waals surface area contributed by atoms with Crippen LogP contribution in [0.15, 0.2) is 23.1 Å². The molecule has 1 N–H and O–H groups in total. The molecule has 0 bridgehead atoms. The molecule has 100 valence electrons. The topological polar surface area (TPSA) is 76.9 Å². The van der Waals surface area contributed by atoms with E-state index in [4.69, 9.17) is 0 Å². The maximum atomic E-state index is 12.3. The summed E-state index contributed by atoms with van der Waals surface area (Å²) in [6, 6.07) is 3.47. The third kappa shape index (κ3) is 2.47. The van der Waals surface area contributed by atoms with Crippen LogP contribution in [-0.4, -0.2) is 27.5 Å². The second-order valence-corrected chi connectivity index (χ2v) is 4.70. The van der Waals surface area contributed by atoms with Crippen molar-refractivity contribution in [3.63, 3.8) is 0 Å². The first-order valence-electron chi connectivity index (χ1n) is 6.12. The zero-order valence-electron chi connectivity index (χ0n) is 11.2.